The fraction of sp³-hybridized carbons (Fsp3) is 0.0667. The molecule has 0 aliphatic rings. The van der Waals surface area contributed by atoms with Crippen molar-refractivity contribution < 1.29 is 9.90 Å². The number of hydrogen-bond donors (Lipinski definition) is 1. The van der Waals surface area contributed by atoms with E-state index in [0.29, 0.717) is 0 Å². The number of aliphatic carboxylic acids is 1. The molecule has 0 aliphatic heterocycles. The number of nitriles is 1. The van der Waals surface area contributed by atoms with Gasteiger partial charge in [0.25, 0.3) is 4.08 Å². The molecule has 0 saturated heterocycles. The summed E-state index contributed by atoms with van der Waals surface area (Å²) in [5.74, 6) is -1.15. The third-order valence-electron chi connectivity index (χ3n) is 2.44. The van der Waals surface area contributed by atoms with Crippen LogP contribution in [0, 0.1) is 11.3 Å². The molecule has 1 N–H and O–H groups in total. The average molecular weight is 301 g/mol. The van der Waals surface area contributed by atoms with E-state index in [-0.39, 0.29) is 0 Å². The summed E-state index contributed by atoms with van der Waals surface area (Å²) < 4.78 is -1.59. The van der Waals surface area contributed by atoms with Gasteiger partial charge in [-0.25, -0.2) is 4.79 Å². The van der Waals surface area contributed by atoms with Gasteiger partial charge in [0.2, 0.25) is 0 Å². The molecule has 2 aromatic rings. The molecule has 0 spiro atoms. The van der Waals surface area contributed by atoms with E-state index in [1.807, 2.05) is 42.5 Å². The van der Waals surface area contributed by atoms with Gasteiger partial charge in [-0.1, -0.05) is 59.9 Å². The molecule has 0 aromatic heterocycles. The fourth-order valence-electron chi connectivity index (χ4n) is 1.51. The van der Waals surface area contributed by atoms with Gasteiger partial charge in [-0.15, -0.1) is 0 Å². The summed E-state index contributed by atoms with van der Waals surface area (Å²) in [5, 5.41) is 18.9. The van der Waals surface area contributed by atoms with Gasteiger partial charge in [0.1, 0.15) is 6.07 Å². The monoisotopic (exact) mass is 301 g/mol. The van der Waals surface area contributed by atoms with Crippen LogP contribution < -0.4 is 0 Å². The summed E-state index contributed by atoms with van der Waals surface area (Å²) in [4.78, 5) is 13.1. The largest absolute Gasteiger partial charge is 0.479 e. The van der Waals surface area contributed by atoms with Gasteiger partial charge in [0.15, 0.2) is 0 Å². The van der Waals surface area contributed by atoms with Gasteiger partial charge in [-0.3, -0.25) is 0 Å². The number of benzene rings is 2. The second-order valence-electron chi connectivity index (χ2n) is 3.86. The van der Waals surface area contributed by atoms with Crippen LogP contribution in [-0.4, -0.2) is 15.2 Å². The molecule has 20 heavy (non-hydrogen) atoms. The summed E-state index contributed by atoms with van der Waals surface area (Å²) in [6.07, 6.45) is 0. The summed E-state index contributed by atoms with van der Waals surface area (Å²) in [6.45, 7) is 0. The number of nitrogens with zero attached hydrogens (tertiary/aromatic N) is 1. The third-order valence-corrected chi connectivity index (χ3v) is 5.06. The third kappa shape index (κ3) is 3.35. The molecule has 0 heterocycles. The second kappa shape index (κ2) is 6.51. The smallest absolute Gasteiger partial charge is 0.345 e. The van der Waals surface area contributed by atoms with Crippen LogP contribution in [0.25, 0.3) is 0 Å². The number of carbonyl (C=O) groups is 1. The molecule has 100 valence electrons. The standard InChI is InChI=1S/C15H11NO2S2/c16-11-15(14(17)18,19-12-7-3-1-4-8-12)20-13-9-5-2-6-10-13/h1-10H,(H,17,18). The number of thioether (sulfide) groups is 2. The average Bonchev–Trinajstić information content (AvgIpc) is 2.48. The first-order valence-electron chi connectivity index (χ1n) is 5.79. The van der Waals surface area contributed by atoms with Crippen LogP contribution in [0.1, 0.15) is 0 Å². The minimum Gasteiger partial charge on any atom is -0.479 e. The van der Waals surface area contributed by atoms with E-state index in [0.717, 1.165) is 33.3 Å². The number of carboxylic acids is 1. The highest BCUT2D eigenvalue weighted by Crippen LogP contribution is 2.45. The Balaban J connectivity index is 2.31. The van der Waals surface area contributed by atoms with Crippen molar-refractivity contribution in [2.24, 2.45) is 0 Å². The van der Waals surface area contributed by atoms with Gasteiger partial charge in [-0.2, -0.15) is 5.26 Å². The molecule has 0 radical (unpaired) electrons. The van der Waals surface area contributed by atoms with E-state index in [4.69, 9.17) is 0 Å². The van der Waals surface area contributed by atoms with E-state index < -0.39 is 10.0 Å². The predicted octanol–water partition coefficient (Wildman–Crippen LogP) is 3.88. The molecule has 0 fully saturated rings. The van der Waals surface area contributed by atoms with E-state index in [2.05, 4.69) is 0 Å². The van der Waals surface area contributed by atoms with Gasteiger partial charge >= 0.3 is 5.97 Å². The number of rotatable bonds is 5. The highest BCUT2D eigenvalue weighted by Gasteiger charge is 2.41. The molecule has 0 unspecified atom stereocenters. The normalized spacial score (nSPS) is 10.8. The highest BCUT2D eigenvalue weighted by molar-refractivity contribution is 8.19. The molecule has 0 atom stereocenters. The number of hydrogen-bond acceptors (Lipinski definition) is 4. The van der Waals surface area contributed by atoms with Gasteiger partial charge in [-0.05, 0) is 24.3 Å². The zero-order chi connectivity index (χ0) is 14.4. The maximum absolute atomic E-state index is 11.6. The summed E-state index contributed by atoms with van der Waals surface area (Å²) >= 11 is 2.08. The summed E-state index contributed by atoms with van der Waals surface area (Å²) in [5.41, 5.74) is 0. The maximum atomic E-state index is 11.6. The first kappa shape index (κ1) is 14.5. The summed E-state index contributed by atoms with van der Waals surface area (Å²) in [7, 11) is 0. The van der Waals surface area contributed by atoms with Crippen LogP contribution in [-0.2, 0) is 4.79 Å². The van der Waals surface area contributed by atoms with Crippen molar-refractivity contribution in [3.63, 3.8) is 0 Å². The molecule has 0 bridgehead atoms. The van der Waals surface area contributed by atoms with Crippen LogP contribution in [0.2, 0.25) is 0 Å². The Bertz CT molecular complexity index is 582. The van der Waals surface area contributed by atoms with Crippen molar-refractivity contribution in [3.05, 3.63) is 60.7 Å². The molecule has 5 heteroatoms. The molecule has 0 amide bonds. The van der Waals surface area contributed by atoms with Crippen LogP contribution in [0.3, 0.4) is 0 Å². The lowest BCUT2D eigenvalue weighted by Crippen LogP contribution is -2.29. The first-order valence-corrected chi connectivity index (χ1v) is 7.42. The Hall–Kier alpha value is -1.90. The quantitative estimate of drug-likeness (QED) is 0.671. The Morgan fingerprint density at radius 3 is 1.65 bits per heavy atom. The Morgan fingerprint density at radius 2 is 1.35 bits per heavy atom. The van der Waals surface area contributed by atoms with Crippen LogP contribution in [0.4, 0.5) is 0 Å². The van der Waals surface area contributed by atoms with Crippen LogP contribution >= 0.6 is 23.5 Å². The van der Waals surface area contributed by atoms with E-state index in [1.54, 1.807) is 24.3 Å². The van der Waals surface area contributed by atoms with Crippen molar-refractivity contribution in [1.82, 2.24) is 0 Å². The minimum atomic E-state index is -1.59. The lowest BCUT2D eigenvalue weighted by molar-refractivity contribution is -0.136. The van der Waals surface area contributed by atoms with Gasteiger partial charge in [0.05, 0.1) is 0 Å². The van der Waals surface area contributed by atoms with E-state index in [9.17, 15) is 15.2 Å². The molecule has 0 aliphatic carbocycles. The van der Waals surface area contributed by atoms with Crippen molar-refractivity contribution in [3.8, 4) is 6.07 Å². The van der Waals surface area contributed by atoms with Crippen molar-refractivity contribution in [1.29, 1.82) is 5.26 Å². The van der Waals surface area contributed by atoms with Crippen molar-refractivity contribution in [2.45, 2.75) is 13.9 Å². The molecule has 2 rings (SSSR count). The molecule has 2 aromatic carbocycles. The maximum Gasteiger partial charge on any atom is 0.345 e. The molecule has 0 saturated carbocycles. The zero-order valence-corrected chi connectivity index (χ0v) is 12.0. The number of carboxylic acid groups (broad SMARTS) is 1. The summed E-state index contributed by atoms with van der Waals surface area (Å²) in [6, 6.07) is 20.1. The molecular weight excluding hydrogens is 290 g/mol. The van der Waals surface area contributed by atoms with Gasteiger partial charge in [0, 0.05) is 9.79 Å². The van der Waals surface area contributed by atoms with E-state index in [1.165, 1.54) is 0 Å². The lowest BCUT2D eigenvalue weighted by Gasteiger charge is -2.20. The first-order chi connectivity index (χ1) is 9.66. The van der Waals surface area contributed by atoms with E-state index >= 15 is 0 Å². The topological polar surface area (TPSA) is 61.1 Å². The van der Waals surface area contributed by atoms with Crippen molar-refractivity contribution >= 4 is 29.5 Å². The highest BCUT2D eigenvalue weighted by atomic mass is 32.2. The van der Waals surface area contributed by atoms with Crippen LogP contribution in [0.5, 0.6) is 0 Å². The zero-order valence-electron chi connectivity index (χ0n) is 10.4. The van der Waals surface area contributed by atoms with Crippen molar-refractivity contribution in [2.75, 3.05) is 0 Å². The Labute approximate surface area is 125 Å². The Morgan fingerprint density at radius 1 is 0.950 bits per heavy atom. The molecular formula is C15H11NO2S2. The second-order valence-corrected chi connectivity index (χ2v) is 6.70. The fourth-order valence-corrected chi connectivity index (χ4v) is 3.77. The lowest BCUT2D eigenvalue weighted by atomic mass is 10.4. The minimum absolute atomic E-state index is 0.750. The molecule has 3 nitrogen and oxygen atoms in total. The van der Waals surface area contributed by atoms with Gasteiger partial charge < -0.3 is 5.11 Å². The SMILES string of the molecule is N#CC(Sc1ccccc1)(Sc1ccccc1)C(=O)O. The Kier molecular flexibility index (Phi) is 4.72. The predicted molar refractivity (Wildman–Crippen MR) is 80.6 cm³/mol. The van der Waals surface area contributed by atoms with Crippen LogP contribution in [0.15, 0.2) is 70.5 Å².